The number of hydrogen-bond acceptors (Lipinski definition) is 2. The fraction of sp³-hybridized carbons (Fsp3) is 0.429. The summed E-state index contributed by atoms with van der Waals surface area (Å²) in [6.07, 6.45) is 0. The Balaban J connectivity index is 2.33. The number of amides is 3. The number of nitrogens with zero attached hydrogens (tertiary/aromatic N) is 2. The Bertz CT molecular complexity index is 509. The monoisotopic (exact) mass is 246 g/mol. The van der Waals surface area contributed by atoms with Crippen LogP contribution < -0.4 is 4.90 Å². The van der Waals surface area contributed by atoms with E-state index in [0.717, 1.165) is 11.3 Å². The number of imide groups is 1. The van der Waals surface area contributed by atoms with Gasteiger partial charge in [0.05, 0.1) is 0 Å². The second-order valence-corrected chi connectivity index (χ2v) is 4.99. The summed E-state index contributed by atoms with van der Waals surface area (Å²) in [7, 11) is 0. The predicted octanol–water partition coefficient (Wildman–Crippen LogP) is 2.48. The molecule has 0 aliphatic carbocycles. The van der Waals surface area contributed by atoms with Crippen molar-refractivity contribution in [1.29, 1.82) is 0 Å². The molecular weight excluding hydrogens is 228 g/mol. The van der Waals surface area contributed by atoms with E-state index >= 15 is 0 Å². The molecule has 0 aromatic heterocycles. The minimum absolute atomic E-state index is 0.0958. The van der Waals surface area contributed by atoms with E-state index in [2.05, 4.69) is 0 Å². The first-order valence-corrected chi connectivity index (χ1v) is 6.12. The van der Waals surface area contributed by atoms with E-state index < -0.39 is 0 Å². The van der Waals surface area contributed by atoms with Gasteiger partial charge in [-0.05, 0) is 51.0 Å². The van der Waals surface area contributed by atoms with Crippen molar-refractivity contribution >= 4 is 17.6 Å². The van der Waals surface area contributed by atoms with Gasteiger partial charge in [0.2, 0.25) is 0 Å². The highest BCUT2D eigenvalue weighted by atomic mass is 16.2. The van der Waals surface area contributed by atoms with Crippen LogP contribution in [0.25, 0.3) is 0 Å². The molecule has 1 aromatic rings. The molecule has 1 aliphatic rings. The summed E-state index contributed by atoms with van der Waals surface area (Å²) in [6.45, 7) is 7.86. The number of urea groups is 1. The maximum Gasteiger partial charge on any atom is 0.331 e. The third-order valence-electron chi connectivity index (χ3n) is 3.32. The maximum atomic E-state index is 12.2. The van der Waals surface area contributed by atoms with Crippen LogP contribution in [0.4, 0.5) is 10.5 Å². The number of aryl methyl sites for hydroxylation is 2. The van der Waals surface area contributed by atoms with E-state index in [0.29, 0.717) is 0 Å². The van der Waals surface area contributed by atoms with E-state index in [1.54, 1.807) is 0 Å². The van der Waals surface area contributed by atoms with Crippen molar-refractivity contribution in [2.45, 2.75) is 33.7 Å². The second kappa shape index (κ2) is 4.44. The summed E-state index contributed by atoms with van der Waals surface area (Å²) in [5, 5.41) is 0. The van der Waals surface area contributed by atoms with Crippen molar-refractivity contribution in [2.75, 3.05) is 11.4 Å². The Hall–Kier alpha value is -1.84. The Kier molecular flexibility index (Phi) is 3.11. The van der Waals surface area contributed by atoms with Crippen LogP contribution in [-0.2, 0) is 4.79 Å². The maximum absolute atomic E-state index is 12.2. The lowest BCUT2D eigenvalue weighted by Crippen LogP contribution is -2.38. The minimum atomic E-state index is -0.224. The fourth-order valence-corrected chi connectivity index (χ4v) is 2.12. The van der Waals surface area contributed by atoms with Crippen molar-refractivity contribution < 1.29 is 9.59 Å². The molecule has 1 aromatic carbocycles. The van der Waals surface area contributed by atoms with E-state index in [1.807, 2.05) is 45.9 Å². The van der Waals surface area contributed by atoms with Crippen LogP contribution in [-0.4, -0.2) is 29.4 Å². The molecule has 0 unspecified atom stereocenters. The van der Waals surface area contributed by atoms with Gasteiger partial charge in [-0.15, -0.1) is 0 Å². The Morgan fingerprint density at radius 1 is 1.11 bits per heavy atom. The summed E-state index contributed by atoms with van der Waals surface area (Å²) in [5.74, 6) is -0.131. The fourth-order valence-electron chi connectivity index (χ4n) is 2.12. The van der Waals surface area contributed by atoms with Gasteiger partial charge in [0.15, 0.2) is 0 Å². The second-order valence-electron chi connectivity index (χ2n) is 4.99. The standard InChI is InChI=1S/C14H18N2O2/c1-9(2)16-13(17)8-15(14(16)18)12-6-5-10(3)11(4)7-12/h5-7,9H,8H2,1-4H3. The molecule has 0 saturated carbocycles. The topological polar surface area (TPSA) is 40.6 Å². The molecular formula is C14H18N2O2. The first kappa shape index (κ1) is 12.6. The van der Waals surface area contributed by atoms with E-state index in [9.17, 15) is 9.59 Å². The van der Waals surface area contributed by atoms with E-state index in [-0.39, 0.29) is 24.5 Å². The number of carbonyl (C=O) groups is 2. The van der Waals surface area contributed by atoms with Crippen molar-refractivity contribution in [3.8, 4) is 0 Å². The SMILES string of the molecule is Cc1ccc(N2CC(=O)N(C(C)C)C2=O)cc1C. The average Bonchev–Trinajstić information content (AvgIpc) is 2.58. The minimum Gasteiger partial charge on any atom is -0.285 e. The van der Waals surface area contributed by atoms with Gasteiger partial charge >= 0.3 is 6.03 Å². The number of carbonyl (C=O) groups excluding carboxylic acids is 2. The van der Waals surface area contributed by atoms with Gasteiger partial charge in [-0.25, -0.2) is 4.79 Å². The Labute approximate surface area is 107 Å². The quantitative estimate of drug-likeness (QED) is 0.752. The molecule has 4 heteroatoms. The van der Waals surface area contributed by atoms with Crippen molar-refractivity contribution in [3.63, 3.8) is 0 Å². The van der Waals surface area contributed by atoms with Gasteiger partial charge in [-0.3, -0.25) is 14.6 Å². The van der Waals surface area contributed by atoms with Crippen LogP contribution in [0.3, 0.4) is 0 Å². The van der Waals surface area contributed by atoms with Gasteiger partial charge in [-0.2, -0.15) is 0 Å². The van der Waals surface area contributed by atoms with Crippen LogP contribution >= 0.6 is 0 Å². The van der Waals surface area contributed by atoms with Gasteiger partial charge in [0.1, 0.15) is 6.54 Å². The van der Waals surface area contributed by atoms with Gasteiger partial charge in [-0.1, -0.05) is 6.07 Å². The zero-order valence-electron chi connectivity index (χ0n) is 11.2. The lowest BCUT2D eigenvalue weighted by molar-refractivity contribution is -0.125. The first-order chi connectivity index (χ1) is 8.41. The molecule has 0 bridgehead atoms. The van der Waals surface area contributed by atoms with Crippen LogP contribution in [0.5, 0.6) is 0 Å². The highest BCUT2D eigenvalue weighted by molar-refractivity contribution is 6.12. The average molecular weight is 246 g/mol. The lowest BCUT2D eigenvalue weighted by atomic mass is 10.1. The smallest absolute Gasteiger partial charge is 0.285 e. The van der Waals surface area contributed by atoms with E-state index in [1.165, 1.54) is 15.4 Å². The summed E-state index contributed by atoms with van der Waals surface area (Å²) in [6, 6.07) is 5.49. The highest BCUT2D eigenvalue weighted by Crippen LogP contribution is 2.24. The third kappa shape index (κ3) is 1.98. The van der Waals surface area contributed by atoms with Crippen LogP contribution in [0.15, 0.2) is 18.2 Å². The number of benzene rings is 1. The van der Waals surface area contributed by atoms with Gasteiger partial charge < -0.3 is 0 Å². The third-order valence-corrected chi connectivity index (χ3v) is 3.32. The number of hydrogen-bond donors (Lipinski definition) is 0. The molecule has 0 radical (unpaired) electrons. The van der Waals surface area contributed by atoms with Crippen LogP contribution in [0.2, 0.25) is 0 Å². The zero-order chi connectivity index (χ0) is 13.4. The molecule has 1 heterocycles. The summed E-state index contributed by atoms with van der Waals surface area (Å²) >= 11 is 0. The lowest BCUT2D eigenvalue weighted by Gasteiger charge is -2.20. The molecule has 1 saturated heterocycles. The Morgan fingerprint density at radius 3 is 2.28 bits per heavy atom. The van der Waals surface area contributed by atoms with Gasteiger partial charge in [0.25, 0.3) is 5.91 Å². The first-order valence-electron chi connectivity index (χ1n) is 6.12. The Morgan fingerprint density at radius 2 is 1.78 bits per heavy atom. The van der Waals surface area contributed by atoms with Crippen molar-refractivity contribution in [3.05, 3.63) is 29.3 Å². The molecule has 0 atom stereocenters. The molecule has 1 fully saturated rings. The van der Waals surface area contributed by atoms with Crippen LogP contribution in [0, 0.1) is 13.8 Å². The van der Waals surface area contributed by atoms with Gasteiger partial charge in [0, 0.05) is 11.7 Å². The zero-order valence-corrected chi connectivity index (χ0v) is 11.2. The normalized spacial score (nSPS) is 16.1. The predicted molar refractivity (Wildman–Crippen MR) is 70.6 cm³/mol. The molecule has 3 amide bonds. The molecule has 1 aliphatic heterocycles. The largest absolute Gasteiger partial charge is 0.331 e. The summed E-state index contributed by atoms with van der Waals surface area (Å²) < 4.78 is 0. The molecule has 96 valence electrons. The van der Waals surface area contributed by atoms with E-state index in [4.69, 9.17) is 0 Å². The molecule has 4 nitrogen and oxygen atoms in total. The molecule has 18 heavy (non-hydrogen) atoms. The highest BCUT2D eigenvalue weighted by Gasteiger charge is 2.38. The number of rotatable bonds is 2. The molecule has 0 N–H and O–H groups in total. The molecule has 0 spiro atoms. The molecule has 2 rings (SSSR count). The summed E-state index contributed by atoms with van der Waals surface area (Å²) in [5.41, 5.74) is 3.09. The van der Waals surface area contributed by atoms with Crippen molar-refractivity contribution in [1.82, 2.24) is 4.90 Å². The number of anilines is 1. The van der Waals surface area contributed by atoms with Crippen LogP contribution in [0.1, 0.15) is 25.0 Å². The summed E-state index contributed by atoms with van der Waals surface area (Å²) in [4.78, 5) is 26.9. The van der Waals surface area contributed by atoms with Crippen molar-refractivity contribution in [2.24, 2.45) is 0 Å².